The van der Waals surface area contributed by atoms with Crippen molar-refractivity contribution in [1.29, 1.82) is 0 Å². The van der Waals surface area contributed by atoms with Crippen molar-refractivity contribution in [3.63, 3.8) is 0 Å². The number of rotatable bonds is 2. The Balaban J connectivity index is 0.000000131. The van der Waals surface area contributed by atoms with Gasteiger partial charge in [0.2, 0.25) is 0 Å². The first-order chi connectivity index (χ1) is 10.2. The number of fused-ring (bicyclic) bond motifs is 2. The van der Waals surface area contributed by atoms with Gasteiger partial charge in [-0.15, -0.1) is 0 Å². The molecule has 0 heterocycles. The second kappa shape index (κ2) is 4.92. The van der Waals surface area contributed by atoms with Crippen molar-refractivity contribution in [2.75, 3.05) is 0 Å². The number of Topliss-reactive ketones (excluding diaryl/α,β-unsaturated/α-hetero) is 2. The molecule has 4 saturated carbocycles. The Morgan fingerprint density at radius 1 is 0.773 bits per heavy atom. The highest BCUT2D eigenvalue weighted by molar-refractivity contribution is 5.86. The van der Waals surface area contributed by atoms with Crippen LogP contribution in [0.25, 0.3) is 0 Å². The van der Waals surface area contributed by atoms with Crippen molar-refractivity contribution in [2.45, 2.75) is 67.2 Å². The third-order valence-electron chi connectivity index (χ3n) is 7.89. The topological polar surface area (TPSA) is 34.1 Å². The summed E-state index contributed by atoms with van der Waals surface area (Å²) in [5.41, 5.74) is 0.910. The van der Waals surface area contributed by atoms with Gasteiger partial charge in [-0.1, -0.05) is 41.5 Å². The lowest BCUT2D eigenvalue weighted by atomic mass is 9.90. The minimum absolute atomic E-state index is 0.373. The van der Waals surface area contributed by atoms with E-state index in [0.717, 1.165) is 24.7 Å². The third-order valence-corrected chi connectivity index (χ3v) is 7.89. The first kappa shape index (κ1) is 16.2. The number of carbonyl (C=O) groups excluding carboxylic acids is 2. The molecule has 0 amide bonds. The van der Waals surface area contributed by atoms with Crippen LogP contribution in [-0.4, -0.2) is 11.6 Å². The fourth-order valence-corrected chi connectivity index (χ4v) is 5.61. The van der Waals surface area contributed by atoms with Crippen molar-refractivity contribution in [2.24, 2.45) is 46.3 Å². The van der Waals surface area contributed by atoms with E-state index in [-0.39, 0.29) is 0 Å². The van der Waals surface area contributed by atoms with Crippen LogP contribution in [0.15, 0.2) is 0 Å². The van der Waals surface area contributed by atoms with Gasteiger partial charge in [-0.05, 0) is 47.3 Å². The standard InChI is InChI=1S/2C10H16O/c2*1-6(2)10-4-8(10)7(3)9(11)5-10/h2*6-8H,4-5H2,1-3H3/t7-,8+,10-;7-,8-,10+/m01/s1. The van der Waals surface area contributed by atoms with Gasteiger partial charge in [-0.2, -0.15) is 0 Å². The Bertz CT molecular complexity index is 460. The average molecular weight is 304 g/mol. The van der Waals surface area contributed by atoms with Crippen LogP contribution in [0, 0.1) is 46.3 Å². The molecule has 2 nitrogen and oxygen atoms in total. The molecule has 4 fully saturated rings. The molecule has 6 atom stereocenters. The van der Waals surface area contributed by atoms with E-state index in [2.05, 4.69) is 41.5 Å². The van der Waals surface area contributed by atoms with E-state index in [1.165, 1.54) is 12.8 Å². The zero-order valence-electron chi connectivity index (χ0n) is 15.1. The molecule has 2 heteroatoms. The maximum atomic E-state index is 11.3. The van der Waals surface area contributed by atoms with E-state index in [9.17, 15) is 9.59 Å². The summed E-state index contributed by atoms with van der Waals surface area (Å²) in [7, 11) is 0. The lowest BCUT2D eigenvalue weighted by Gasteiger charge is -2.14. The summed E-state index contributed by atoms with van der Waals surface area (Å²) in [6.45, 7) is 13.2. The summed E-state index contributed by atoms with van der Waals surface area (Å²) >= 11 is 0. The van der Waals surface area contributed by atoms with Crippen molar-refractivity contribution in [3.05, 3.63) is 0 Å². The lowest BCUT2D eigenvalue weighted by molar-refractivity contribution is -0.122. The predicted octanol–water partition coefficient (Wildman–Crippen LogP) is 4.52. The van der Waals surface area contributed by atoms with Crippen LogP contribution in [0.5, 0.6) is 0 Å². The average Bonchev–Trinajstić information content (AvgIpc) is 3.29. The van der Waals surface area contributed by atoms with Crippen molar-refractivity contribution in [1.82, 2.24) is 0 Å². The van der Waals surface area contributed by atoms with E-state index in [0.29, 0.717) is 46.1 Å². The molecule has 4 aliphatic rings. The van der Waals surface area contributed by atoms with Gasteiger partial charge in [0.15, 0.2) is 0 Å². The second-order valence-electron chi connectivity index (χ2n) is 9.26. The Hall–Kier alpha value is -0.660. The van der Waals surface area contributed by atoms with E-state index >= 15 is 0 Å². The van der Waals surface area contributed by atoms with Gasteiger partial charge in [0.1, 0.15) is 11.6 Å². The molecule has 0 aromatic rings. The molecular formula is C20H32O2. The van der Waals surface area contributed by atoms with Crippen LogP contribution in [0.4, 0.5) is 0 Å². The number of hydrogen-bond acceptors (Lipinski definition) is 2. The molecule has 0 aromatic carbocycles. The Labute approximate surface area is 135 Å². The zero-order valence-corrected chi connectivity index (χ0v) is 15.1. The van der Waals surface area contributed by atoms with Gasteiger partial charge in [-0.25, -0.2) is 0 Å². The van der Waals surface area contributed by atoms with Crippen LogP contribution in [-0.2, 0) is 9.59 Å². The maximum absolute atomic E-state index is 11.3. The Kier molecular flexibility index (Phi) is 3.62. The summed E-state index contributed by atoms with van der Waals surface area (Å²) in [6.07, 6.45) is 4.38. The molecule has 0 spiro atoms. The Morgan fingerprint density at radius 3 is 1.23 bits per heavy atom. The third kappa shape index (κ3) is 2.12. The van der Waals surface area contributed by atoms with E-state index < -0.39 is 0 Å². The molecule has 0 unspecified atom stereocenters. The highest BCUT2D eigenvalue weighted by Gasteiger charge is 2.65. The SMILES string of the molecule is CC(C)[C@]12CC(=O)[C@@H](C)[C@H]1C2.CC(C)[C@]12CC(=O)[C@H](C)[C@H]1C2. The van der Waals surface area contributed by atoms with E-state index in [1.807, 2.05) is 0 Å². The van der Waals surface area contributed by atoms with Gasteiger partial charge in [0.05, 0.1) is 0 Å². The Morgan fingerprint density at radius 2 is 1.09 bits per heavy atom. The number of carbonyl (C=O) groups is 2. The summed E-state index contributed by atoms with van der Waals surface area (Å²) in [6, 6.07) is 0. The second-order valence-corrected chi connectivity index (χ2v) is 9.26. The van der Waals surface area contributed by atoms with Crippen LogP contribution >= 0.6 is 0 Å². The molecule has 22 heavy (non-hydrogen) atoms. The summed E-state index contributed by atoms with van der Waals surface area (Å²) in [5, 5.41) is 0. The smallest absolute Gasteiger partial charge is 0.136 e. The van der Waals surface area contributed by atoms with Gasteiger partial charge in [0.25, 0.3) is 0 Å². The van der Waals surface area contributed by atoms with Crippen LogP contribution in [0.2, 0.25) is 0 Å². The number of ketones is 2. The van der Waals surface area contributed by atoms with E-state index in [1.54, 1.807) is 0 Å². The zero-order chi connectivity index (χ0) is 16.4. The van der Waals surface area contributed by atoms with Crippen molar-refractivity contribution >= 4 is 11.6 Å². The van der Waals surface area contributed by atoms with Gasteiger partial charge in [0, 0.05) is 24.7 Å². The molecule has 124 valence electrons. The van der Waals surface area contributed by atoms with Crippen molar-refractivity contribution < 1.29 is 9.59 Å². The van der Waals surface area contributed by atoms with Gasteiger partial charge < -0.3 is 0 Å². The largest absolute Gasteiger partial charge is 0.299 e. The monoisotopic (exact) mass is 304 g/mol. The summed E-state index contributed by atoms with van der Waals surface area (Å²) in [5.74, 6) is 4.67. The molecule has 0 saturated heterocycles. The lowest BCUT2D eigenvalue weighted by Crippen LogP contribution is -2.10. The quantitative estimate of drug-likeness (QED) is 0.752. The van der Waals surface area contributed by atoms with Crippen LogP contribution in [0.1, 0.15) is 67.2 Å². The molecule has 4 rings (SSSR count). The van der Waals surface area contributed by atoms with Crippen molar-refractivity contribution in [3.8, 4) is 0 Å². The van der Waals surface area contributed by atoms with Crippen LogP contribution < -0.4 is 0 Å². The normalized spacial score (nSPS) is 48.2. The van der Waals surface area contributed by atoms with Gasteiger partial charge >= 0.3 is 0 Å². The molecule has 0 N–H and O–H groups in total. The molecule has 0 aliphatic heterocycles. The molecule has 4 aliphatic carbocycles. The molecule has 0 bridgehead atoms. The summed E-state index contributed by atoms with van der Waals surface area (Å²) in [4.78, 5) is 22.6. The highest BCUT2D eigenvalue weighted by Crippen LogP contribution is 2.69. The molecule has 0 aromatic heterocycles. The molecule has 0 radical (unpaired) electrons. The predicted molar refractivity (Wildman–Crippen MR) is 88.3 cm³/mol. The van der Waals surface area contributed by atoms with Crippen LogP contribution in [0.3, 0.4) is 0 Å². The minimum atomic E-state index is 0.373. The fraction of sp³-hybridized carbons (Fsp3) is 0.900. The fourth-order valence-electron chi connectivity index (χ4n) is 5.61. The minimum Gasteiger partial charge on any atom is -0.299 e. The number of hydrogen-bond donors (Lipinski definition) is 0. The maximum Gasteiger partial charge on any atom is 0.136 e. The molecular weight excluding hydrogens is 272 g/mol. The highest BCUT2D eigenvalue weighted by atomic mass is 16.1. The first-order valence-corrected chi connectivity index (χ1v) is 9.21. The van der Waals surface area contributed by atoms with E-state index in [4.69, 9.17) is 0 Å². The van der Waals surface area contributed by atoms with Gasteiger partial charge in [-0.3, -0.25) is 9.59 Å². The summed E-state index contributed by atoms with van der Waals surface area (Å²) < 4.78 is 0. The first-order valence-electron chi connectivity index (χ1n) is 9.21.